The molecular weight excluding hydrogens is 270 g/mol. The average molecular weight is 296 g/mol. The Hall–Kier alpha value is -0.760. The van der Waals surface area contributed by atoms with Crippen LogP contribution in [0.5, 0.6) is 0 Å². The molecule has 0 aliphatic rings. The summed E-state index contributed by atoms with van der Waals surface area (Å²) in [5.74, 6) is 0.212. The fourth-order valence-corrected chi connectivity index (χ4v) is 1.37. The zero-order valence-corrected chi connectivity index (χ0v) is 13.4. The summed E-state index contributed by atoms with van der Waals surface area (Å²) in [6, 6.07) is 0.0613. The van der Waals surface area contributed by atoms with Crippen LogP contribution >= 0.6 is 0 Å². The Morgan fingerprint density at radius 3 is 2.05 bits per heavy atom. The molecule has 0 bridgehead atoms. The van der Waals surface area contributed by atoms with Crippen LogP contribution in [0.2, 0.25) is 0 Å². The van der Waals surface area contributed by atoms with E-state index in [0.717, 1.165) is 11.0 Å². The first-order valence-electron chi connectivity index (χ1n) is 6.12. The van der Waals surface area contributed by atoms with E-state index in [9.17, 15) is 13.2 Å². The fourth-order valence-electron chi connectivity index (χ4n) is 1.07. The zero-order valence-electron chi connectivity index (χ0n) is 12.6. The maximum atomic E-state index is 11.4. The predicted molar refractivity (Wildman–Crippen MR) is 75.1 cm³/mol. The van der Waals surface area contributed by atoms with E-state index in [1.54, 1.807) is 12.2 Å². The van der Waals surface area contributed by atoms with Gasteiger partial charge in [0.05, 0.1) is 27.2 Å². The number of quaternary nitrogens is 1. The van der Waals surface area contributed by atoms with Crippen molar-refractivity contribution in [2.24, 2.45) is 0 Å². The third kappa shape index (κ3) is 10.8. The molecule has 1 atom stereocenters. The molecule has 1 unspecified atom stereocenters. The second-order valence-corrected chi connectivity index (χ2v) is 5.60. The number of ketones is 1. The molecule has 6 nitrogen and oxygen atoms in total. The van der Waals surface area contributed by atoms with Crippen molar-refractivity contribution in [2.75, 3.05) is 27.2 Å². The van der Waals surface area contributed by atoms with Gasteiger partial charge in [0.15, 0.2) is 0 Å². The van der Waals surface area contributed by atoms with Crippen molar-refractivity contribution >= 4 is 16.2 Å². The lowest BCUT2D eigenvalue weighted by atomic mass is 10.1. The van der Waals surface area contributed by atoms with Crippen molar-refractivity contribution < 1.29 is 26.4 Å². The minimum atomic E-state index is -4.17. The number of nitrogens with zero attached hydrogens (tertiary/aromatic N) is 1. The van der Waals surface area contributed by atoms with Crippen LogP contribution in [0, 0.1) is 0 Å². The highest BCUT2D eigenvalue weighted by Gasteiger charge is 2.26. The fraction of sp³-hybridized carbons (Fsp3) is 0.750. The highest BCUT2D eigenvalue weighted by molar-refractivity contribution is 7.80. The molecule has 0 aromatic carbocycles. The lowest BCUT2D eigenvalue weighted by Crippen LogP contribution is -2.50. The van der Waals surface area contributed by atoms with E-state index in [2.05, 4.69) is 25.2 Å². The van der Waals surface area contributed by atoms with Crippen LogP contribution in [0.3, 0.4) is 0 Å². The van der Waals surface area contributed by atoms with Gasteiger partial charge in [-0.05, 0) is 33.8 Å². The van der Waals surface area contributed by atoms with Crippen LogP contribution in [0.1, 0.15) is 27.7 Å². The molecule has 0 aliphatic heterocycles. The van der Waals surface area contributed by atoms with Crippen molar-refractivity contribution in [3.63, 3.8) is 0 Å². The smallest absolute Gasteiger partial charge is 0.320 e. The Morgan fingerprint density at radius 2 is 1.84 bits per heavy atom. The molecule has 0 rings (SSSR count). The zero-order chi connectivity index (χ0) is 15.7. The van der Waals surface area contributed by atoms with Gasteiger partial charge in [-0.15, -0.1) is 0 Å². The highest BCUT2D eigenvalue weighted by atomic mass is 32.3. The average Bonchev–Trinajstić information content (AvgIpc) is 2.27. The number of likely N-dealkylation sites (N-methyl/N-ethyl adjacent to an activating group) is 1. The topological polar surface area (TPSA) is 80.7 Å². The molecular formula is C12H26NO5S+. The van der Waals surface area contributed by atoms with E-state index < -0.39 is 10.4 Å². The Bertz CT molecular complexity index is 387. The molecule has 0 saturated heterocycles. The van der Waals surface area contributed by atoms with Gasteiger partial charge < -0.3 is 4.48 Å². The molecule has 0 radical (unpaired) electrons. The van der Waals surface area contributed by atoms with Gasteiger partial charge in [0.1, 0.15) is 6.04 Å². The molecule has 19 heavy (non-hydrogen) atoms. The van der Waals surface area contributed by atoms with Crippen molar-refractivity contribution in [1.29, 1.82) is 0 Å². The normalized spacial score (nSPS) is 13.8. The summed E-state index contributed by atoms with van der Waals surface area (Å²) in [6.45, 7) is 8.36. The van der Waals surface area contributed by atoms with E-state index in [-0.39, 0.29) is 18.4 Å². The van der Waals surface area contributed by atoms with Crippen molar-refractivity contribution in [3.05, 3.63) is 12.2 Å². The first kappa shape index (κ1) is 20.6. The van der Waals surface area contributed by atoms with Gasteiger partial charge >= 0.3 is 10.4 Å². The second-order valence-electron chi connectivity index (χ2n) is 4.51. The summed E-state index contributed by atoms with van der Waals surface area (Å²) in [5.41, 5.74) is 0. The minimum Gasteiger partial charge on any atom is -0.320 e. The molecule has 0 aromatic heterocycles. The summed E-state index contributed by atoms with van der Waals surface area (Å²) in [4.78, 5) is 11.4. The number of rotatable bonds is 6. The number of carbonyl (C=O) groups is 1. The Kier molecular flexibility index (Phi) is 9.95. The first-order chi connectivity index (χ1) is 8.51. The Balaban J connectivity index is 0. The SMILES string of the molecule is CC=CC(=O)C(C)[N+](C)(C)CC.CCOS(=O)(=O)O. The van der Waals surface area contributed by atoms with Gasteiger partial charge in [0.25, 0.3) is 0 Å². The maximum Gasteiger partial charge on any atom is 0.397 e. The molecule has 1 N–H and O–H groups in total. The van der Waals surface area contributed by atoms with Crippen molar-refractivity contribution in [1.82, 2.24) is 0 Å². The number of carbonyl (C=O) groups excluding carboxylic acids is 1. The highest BCUT2D eigenvalue weighted by Crippen LogP contribution is 2.07. The third-order valence-electron chi connectivity index (χ3n) is 2.87. The summed E-state index contributed by atoms with van der Waals surface area (Å²) in [6.07, 6.45) is 3.45. The monoisotopic (exact) mass is 296 g/mol. The van der Waals surface area contributed by atoms with Gasteiger partial charge in [-0.25, -0.2) is 4.18 Å². The van der Waals surface area contributed by atoms with Crippen LogP contribution in [-0.2, 0) is 19.4 Å². The van der Waals surface area contributed by atoms with E-state index in [1.165, 1.54) is 6.92 Å². The van der Waals surface area contributed by atoms with Crippen molar-refractivity contribution in [2.45, 2.75) is 33.7 Å². The molecule has 0 saturated carbocycles. The molecule has 0 amide bonds. The number of allylic oxidation sites excluding steroid dienone is 1. The van der Waals surface area contributed by atoms with E-state index in [0.29, 0.717) is 0 Å². The van der Waals surface area contributed by atoms with Crippen LogP contribution in [0.4, 0.5) is 0 Å². The number of hydrogen-bond donors (Lipinski definition) is 1. The van der Waals surface area contributed by atoms with Crippen LogP contribution in [-0.4, -0.2) is 56.5 Å². The van der Waals surface area contributed by atoms with E-state index in [4.69, 9.17) is 4.55 Å². The quantitative estimate of drug-likeness (QED) is 0.456. The van der Waals surface area contributed by atoms with E-state index in [1.807, 2.05) is 13.8 Å². The van der Waals surface area contributed by atoms with Gasteiger partial charge in [-0.2, -0.15) is 8.42 Å². The Labute approximate surface area is 116 Å². The van der Waals surface area contributed by atoms with Crippen LogP contribution < -0.4 is 0 Å². The standard InChI is InChI=1S/C10H20NO.C2H6O4S/c1-6-8-10(12)9(3)11(4,5)7-2;1-2-6-7(3,4)5/h6,8-9H,7H2,1-5H3;2H2,1H3,(H,3,4,5)/q+1;. The first-order valence-corrected chi connectivity index (χ1v) is 7.49. The lowest BCUT2D eigenvalue weighted by molar-refractivity contribution is -0.901. The molecule has 0 heterocycles. The maximum absolute atomic E-state index is 11.4. The minimum absolute atomic E-state index is 0.0289. The van der Waals surface area contributed by atoms with Gasteiger partial charge in [-0.1, -0.05) is 6.08 Å². The van der Waals surface area contributed by atoms with Crippen LogP contribution in [0.15, 0.2) is 12.2 Å². The van der Waals surface area contributed by atoms with Gasteiger partial charge in [0.2, 0.25) is 5.78 Å². The number of hydrogen-bond acceptors (Lipinski definition) is 4. The molecule has 0 aromatic rings. The molecule has 7 heteroatoms. The predicted octanol–water partition coefficient (Wildman–Crippen LogP) is 1.44. The van der Waals surface area contributed by atoms with Crippen LogP contribution in [0.25, 0.3) is 0 Å². The third-order valence-corrected chi connectivity index (χ3v) is 3.41. The summed E-state index contributed by atoms with van der Waals surface area (Å²) >= 11 is 0. The van der Waals surface area contributed by atoms with Gasteiger partial charge in [0, 0.05) is 0 Å². The second kappa shape index (κ2) is 9.19. The molecule has 0 fully saturated rings. The van der Waals surface area contributed by atoms with Gasteiger partial charge in [-0.3, -0.25) is 9.35 Å². The lowest BCUT2D eigenvalue weighted by Gasteiger charge is -2.33. The Morgan fingerprint density at radius 1 is 1.37 bits per heavy atom. The summed E-state index contributed by atoms with van der Waals surface area (Å²) < 4.78 is 31.4. The molecule has 0 aliphatic carbocycles. The molecule has 114 valence electrons. The van der Waals surface area contributed by atoms with Crippen molar-refractivity contribution in [3.8, 4) is 0 Å². The van der Waals surface area contributed by atoms with E-state index >= 15 is 0 Å². The summed E-state index contributed by atoms with van der Waals surface area (Å²) in [7, 11) is -0.0233. The molecule has 0 spiro atoms. The largest absolute Gasteiger partial charge is 0.397 e. The summed E-state index contributed by atoms with van der Waals surface area (Å²) in [5, 5.41) is 0.